The van der Waals surface area contributed by atoms with Crippen LogP contribution in [0.1, 0.15) is 5.56 Å². The van der Waals surface area contributed by atoms with Crippen molar-refractivity contribution in [2.45, 2.75) is 0 Å². The average molecular weight is 390 g/mol. The average Bonchev–Trinajstić information content (AvgIpc) is 2.60. The summed E-state index contributed by atoms with van der Waals surface area (Å²) in [5.41, 5.74) is 1.46. The van der Waals surface area contributed by atoms with Crippen LogP contribution in [0.25, 0.3) is 6.08 Å². The van der Waals surface area contributed by atoms with E-state index in [1.165, 1.54) is 6.08 Å². The molecule has 0 aromatic heterocycles. The Balaban J connectivity index is 1.78. The Kier molecular flexibility index (Phi) is 6.57. The minimum atomic E-state index is -0.581. The van der Waals surface area contributed by atoms with E-state index in [2.05, 4.69) is 21.2 Å². The highest BCUT2D eigenvalue weighted by atomic mass is 79.9. The van der Waals surface area contributed by atoms with Crippen LogP contribution in [0.5, 0.6) is 5.75 Å². The second-order valence-corrected chi connectivity index (χ2v) is 5.68. The summed E-state index contributed by atoms with van der Waals surface area (Å²) < 4.78 is 10.9. The van der Waals surface area contributed by atoms with Crippen LogP contribution < -0.4 is 10.1 Å². The molecule has 0 aliphatic heterocycles. The fraction of sp³-hybridized carbons (Fsp3) is 0.111. The molecule has 0 fully saturated rings. The Bertz CT molecular complexity index is 724. The summed E-state index contributed by atoms with van der Waals surface area (Å²) in [6.45, 7) is -0.352. The topological polar surface area (TPSA) is 64.6 Å². The molecule has 0 aliphatic carbocycles. The first-order chi connectivity index (χ1) is 11.6. The molecule has 1 N–H and O–H groups in total. The van der Waals surface area contributed by atoms with Gasteiger partial charge < -0.3 is 14.8 Å². The van der Waals surface area contributed by atoms with Gasteiger partial charge in [-0.1, -0.05) is 28.1 Å². The number of anilines is 1. The van der Waals surface area contributed by atoms with Gasteiger partial charge in [-0.15, -0.1) is 0 Å². The van der Waals surface area contributed by atoms with E-state index in [0.717, 1.165) is 10.0 Å². The molecule has 0 saturated heterocycles. The molecule has 2 aromatic rings. The summed E-state index contributed by atoms with van der Waals surface area (Å²) in [5, 5.41) is 2.63. The SMILES string of the molecule is COc1ccc(NC(=O)COC(=O)/C=C/c2ccc(Br)cc2)cc1. The summed E-state index contributed by atoms with van der Waals surface area (Å²) in [7, 11) is 1.56. The van der Waals surface area contributed by atoms with Gasteiger partial charge in [0.2, 0.25) is 0 Å². The molecule has 2 aromatic carbocycles. The number of hydrogen-bond acceptors (Lipinski definition) is 4. The van der Waals surface area contributed by atoms with Crippen molar-refractivity contribution in [3.05, 3.63) is 64.6 Å². The summed E-state index contributed by atoms with van der Waals surface area (Å²) in [5.74, 6) is -0.300. The first kappa shape index (κ1) is 17.7. The Morgan fingerprint density at radius 3 is 2.38 bits per heavy atom. The number of esters is 1. The summed E-state index contributed by atoms with van der Waals surface area (Å²) in [4.78, 5) is 23.3. The van der Waals surface area contributed by atoms with Gasteiger partial charge >= 0.3 is 5.97 Å². The Hall–Kier alpha value is -2.60. The molecule has 0 bridgehead atoms. The van der Waals surface area contributed by atoms with E-state index >= 15 is 0 Å². The van der Waals surface area contributed by atoms with E-state index in [1.807, 2.05) is 24.3 Å². The predicted octanol–water partition coefficient (Wildman–Crippen LogP) is 3.65. The van der Waals surface area contributed by atoms with Gasteiger partial charge in [0.1, 0.15) is 5.75 Å². The first-order valence-electron chi connectivity index (χ1n) is 7.11. The quantitative estimate of drug-likeness (QED) is 0.604. The lowest BCUT2D eigenvalue weighted by molar-refractivity contribution is -0.142. The molecule has 5 nitrogen and oxygen atoms in total. The van der Waals surface area contributed by atoms with Crippen LogP contribution in [0.15, 0.2) is 59.1 Å². The summed E-state index contributed by atoms with van der Waals surface area (Å²) >= 11 is 3.33. The number of carbonyl (C=O) groups is 2. The van der Waals surface area contributed by atoms with Crippen molar-refractivity contribution in [2.24, 2.45) is 0 Å². The Morgan fingerprint density at radius 1 is 1.08 bits per heavy atom. The van der Waals surface area contributed by atoms with Gasteiger partial charge in [-0.25, -0.2) is 4.79 Å². The zero-order valence-electron chi connectivity index (χ0n) is 13.0. The number of halogens is 1. The monoisotopic (exact) mass is 389 g/mol. The van der Waals surface area contributed by atoms with Crippen LogP contribution in [-0.4, -0.2) is 25.6 Å². The molecule has 2 rings (SSSR count). The molecule has 0 saturated carbocycles. The van der Waals surface area contributed by atoms with E-state index in [-0.39, 0.29) is 6.61 Å². The molecule has 124 valence electrons. The molecule has 0 unspecified atom stereocenters. The van der Waals surface area contributed by atoms with Gasteiger partial charge in [0.25, 0.3) is 5.91 Å². The largest absolute Gasteiger partial charge is 0.497 e. The molecule has 6 heteroatoms. The van der Waals surface area contributed by atoms with Crippen LogP contribution >= 0.6 is 15.9 Å². The first-order valence-corrected chi connectivity index (χ1v) is 7.90. The molecular formula is C18H16BrNO4. The van der Waals surface area contributed by atoms with Gasteiger partial charge in [-0.2, -0.15) is 0 Å². The lowest BCUT2D eigenvalue weighted by Gasteiger charge is -2.06. The number of hydrogen-bond donors (Lipinski definition) is 1. The Labute approximate surface area is 148 Å². The fourth-order valence-corrected chi connectivity index (χ4v) is 2.06. The molecule has 0 heterocycles. The third-order valence-corrected chi connectivity index (χ3v) is 3.53. The zero-order chi connectivity index (χ0) is 17.4. The van der Waals surface area contributed by atoms with Crippen molar-refractivity contribution in [2.75, 3.05) is 19.0 Å². The number of nitrogens with one attached hydrogen (secondary N) is 1. The van der Waals surface area contributed by atoms with Crippen molar-refractivity contribution in [3.63, 3.8) is 0 Å². The van der Waals surface area contributed by atoms with Crippen LogP contribution in [0.2, 0.25) is 0 Å². The van der Waals surface area contributed by atoms with Crippen LogP contribution in [0.4, 0.5) is 5.69 Å². The zero-order valence-corrected chi connectivity index (χ0v) is 14.6. The number of ether oxygens (including phenoxy) is 2. The maximum absolute atomic E-state index is 11.7. The van der Waals surface area contributed by atoms with Crippen molar-refractivity contribution < 1.29 is 19.1 Å². The van der Waals surface area contributed by atoms with Crippen molar-refractivity contribution in [3.8, 4) is 5.75 Å². The van der Waals surface area contributed by atoms with E-state index in [1.54, 1.807) is 37.5 Å². The summed E-state index contributed by atoms with van der Waals surface area (Å²) in [6.07, 6.45) is 2.90. The fourth-order valence-electron chi connectivity index (χ4n) is 1.79. The maximum Gasteiger partial charge on any atom is 0.331 e. The minimum absolute atomic E-state index is 0.352. The molecule has 0 aliphatic rings. The minimum Gasteiger partial charge on any atom is -0.497 e. The van der Waals surface area contributed by atoms with E-state index in [0.29, 0.717) is 11.4 Å². The molecule has 24 heavy (non-hydrogen) atoms. The molecule has 0 atom stereocenters. The van der Waals surface area contributed by atoms with Crippen molar-refractivity contribution >= 4 is 39.6 Å². The van der Waals surface area contributed by atoms with Crippen LogP contribution in [-0.2, 0) is 14.3 Å². The highest BCUT2D eigenvalue weighted by molar-refractivity contribution is 9.10. The van der Waals surface area contributed by atoms with Gasteiger partial charge in [-0.05, 0) is 48.0 Å². The lowest BCUT2D eigenvalue weighted by Crippen LogP contribution is -2.20. The normalized spacial score (nSPS) is 10.4. The molecule has 0 radical (unpaired) electrons. The summed E-state index contributed by atoms with van der Waals surface area (Å²) in [6, 6.07) is 14.3. The Morgan fingerprint density at radius 2 is 1.75 bits per heavy atom. The van der Waals surface area contributed by atoms with E-state index in [9.17, 15) is 9.59 Å². The van der Waals surface area contributed by atoms with E-state index < -0.39 is 11.9 Å². The smallest absolute Gasteiger partial charge is 0.331 e. The number of rotatable bonds is 6. The van der Waals surface area contributed by atoms with Crippen LogP contribution in [0, 0.1) is 0 Å². The molecular weight excluding hydrogens is 374 g/mol. The molecule has 0 spiro atoms. The maximum atomic E-state index is 11.7. The lowest BCUT2D eigenvalue weighted by atomic mass is 10.2. The van der Waals surface area contributed by atoms with Gasteiger partial charge in [0.15, 0.2) is 6.61 Å². The number of methoxy groups -OCH3 is 1. The highest BCUT2D eigenvalue weighted by Crippen LogP contribution is 2.15. The van der Waals surface area contributed by atoms with Gasteiger partial charge in [0.05, 0.1) is 7.11 Å². The van der Waals surface area contributed by atoms with Crippen molar-refractivity contribution in [1.82, 2.24) is 0 Å². The predicted molar refractivity (Wildman–Crippen MR) is 95.8 cm³/mol. The molecule has 1 amide bonds. The van der Waals surface area contributed by atoms with E-state index in [4.69, 9.17) is 9.47 Å². The second-order valence-electron chi connectivity index (χ2n) is 4.77. The number of amides is 1. The standard InChI is InChI=1S/C18H16BrNO4/c1-23-16-9-7-15(8-10-16)20-17(21)12-24-18(22)11-4-13-2-5-14(19)6-3-13/h2-11H,12H2,1H3,(H,20,21)/b11-4+. The highest BCUT2D eigenvalue weighted by Gasteiger charge is 2.05. The van der Waals surface area contributed by atoms with Crippen molar-refractivity contribution in [1.29, 1.82) is 0 Å². The third-order valence-electron chi connectivity index (χ3n) is 3.00. The van der Waals surface area contributed by atoms with Gasteiger partial charge in [0, 0.05) is 16.2 Å². The number of benzene rings is 2. The number of carbonyl (C=O) groups excluding carboxylic acids is 2. The second kappa shape index (κ2) is 8.88. The van der Waals surface area contributed by atoms with Crippen LogP contribution in [0.3, 0.4) is 0 Å². The third kappa shape index (κ3) is 5.89. The van der Waals surface area contributed by atoms with Gasteiger partial charge in [-0.3, -0.25) is 4.79 Å².